The maximum absolute atomic E-state index is 12.5. The summed E-state index contributed by atoms with van der Waals surface area (Å²) in [5, 5.41) is 17.2. The zero-order chi connectivity index (χ0) is 17.3. The van der Waals surface area contributed by atoms with Crippen LogP contribution in [0.5, 0.6) is 11.5 Å². The Bertz CT molecular complexity index is 741. The smallest absolute Gasteiger partial charge is 0.276 e. The number of hydrogen-bond acceptors (Lipinski definition) is 5. The number of carbonyl (C=O) groups is 1. The van der Waals surface area contributed by atoms with Gasteiger partial charge >= 0.3 is 0 Å². The maximum Gasteiger partial charge on any atom is 0.276 e. The van der Waals surface area contributed by atoms with E-state index in [-0.39, 0.29) is 17.5 Å². The quantitative estimate of drug-likeness (QED) is 0.893. The molecule has 1 aliphatic rings. The number of aromatic nitrogens is 2. The zero-order valence-electron chi connectivity index (χ0n) is 13.9. The predicted molar refractivity (Wildman–Crippen MR) is 87.7 cm³/mol. The molecule has 1 aromatic heterocycles. The molecule has 3 rings (SSSR count). The predicted octanol–water partition coefficient (Wildman–Crippen LogP) is 1.88. The van der Waals surface area contributed by atoms with Gasteiger partial charge in [0.2, 0.25) is 0 Å². The maximum atomic E-state index is 12.5. The van der Waals surface area contributed by atoms with Gasteiger partial charge in [-0.2, -0.15) is 5.10 Å². The molecule has 7 heteroatoms. The monoisotopic (exact) mass is 331 g/mol. The summed E-state index contributed by atoms with van der Waals surface area (Å²) in [5.41, 5.74) is 0.244. The first-order chi connectivity index (χ1) is 11.4. The van der Waals surface area contributed by atoms with Crippen molar-refractivity contribution < 1.29 is 19.4 Å². The molecule has 1 aliphatic heterocycles. The van der Waals surface area contributed by atoms with Gasteiger partial charge in [0.05, 0.1) is 30.6 Å². The second kappa shape index (κ2) is 6.16. The number of amides is 1. The van der Waals surface area contributed by atoms with E-state index in [4.69, 9.17) is 9.47 Å². The fourth-order valence-corrected chi connectivity index (χ4v) is 2.71. The minimum atomic E-state index is -0.465. The van der Waals surface area contributed by atoms with E-state index in [9.17, 15) is 9.90 Å². The van der Waals surface area contributed by atoms with Gasteiger partial charge in [-0.3, -0.25) is 4.79 Å². The second-order valence-corrected chi connectivity index (χ2v) is 6.14. The molecule has 1 saturated heterocycles. The molecule has 0 spiro atoms. The Morgan fingerprint density at radius 3 is 2.75 bits per heavy atom. The summed E-state index contributed by atoms with van der Waals surface area (Å²) in [6, 6.07) is 7.15. The summed E-state index contributed by atoms with van der Waals surface area (Å²) < 4.78 is 12.1. The van der Waals surface area contributed by atoms with Gasteiger partial charge in [0.25, 0.3) is 5.91 Å². The molecule has 1 aromatic carbocycles. The van der Waals surface area contributed by atoms with Gasteiger partial charge in [0, 0.05) is 6.61 Å². The van der Waals surface area contributed by atoms with Crippen molar-refractivity contribution >= 4 is 5.91 Å². The Labute approximate surface area is 140 Å². The van der Waals surface area contributed by atoms with Crippen LogP contribution in [-0.4, -0.2) is 46.2 Å². The molecule has 0 aliphatic carbocycles. The highest BCUT2D eigenvalue weighted by molar-refractivity contribution is 5.95. The lowest BCUT2D eigenvalue weighted by atomic mass is 9.94. The van der Waals surface area contributed by atoms with E-state index in [1.807, 2.05) is 13.8 Å². The van der Waals surface area contributed by atoms with Crippen molar-refractivity contribution in [3.05, 3.63) is 36.2 Å². The van der Waals surface area contributed by atoms with Crippen LogP contribution >= 0.6 is 0 Å². The van der Waals surface area contributed by atoms with E-state index < -0.39 is 11.4 Å². The van der Waals surface area contributed by atoms with E-state index in [1.54, 1.807) is 31.4 Å². The zero-order valence-corrected chi connectivity index (χ0v) is 13.9. The van der Waals surface area contributed by atoms with Gasteiger partial charge in [-0.1, -0.05) is 0 Å². The third-order valence-electron chi connectivity index (χ3n) is 4.53. The number of aromatic hydroxyl groups is 1. The lowest BCUT2D eigenvalue weighted by Gasteiger charge is -2.28. The Balaban J connectivity index is 1.81. The van der Waals surface area contributed by atoms with Crippen LogP contribution in [0.1, 0.15) is 30.8 Å². The van der Waals surface area contributed by atoms with E-state index in [0.717, 1.165) is 12.2 Å². The number of methoxy groups -OCH3 is 1. The van der Waals surface area contributed by atoms with E-state index in [1.165, 1.54) is 10.9 Å². The standard InChI is InChI=1S/C17H21N3O4/c1-11-17(2,8-9-24-11)18-16(22)15-14(21)10-20(19-15)12-4-6-13(23-3)7-5-12/h4-7,10-11,21H,8-9H2,1-3H3,(H,18,22). The van der Waals surface area contributed by atoms with E-state index >= 15 is 0 Å². The number of nitrogens with one attached hydrogen (secondary N) is 1. The first kappa shape index (κ1) is 16.3. The molecule has 0 radical (unpaired) electrons. The first-order valence-corrected chi connectivity index (χ1v) is 7.80. The Hall–Kier alpha value is -2.54. The fraction of sp³-hybridized carbons (Fsp3) is 0.412. The number of hydrogen-bond donors (Lipinski definition) is 2. The van der Waals surface area contributed by atoms with Crippen LogP contribution in [0.4, 0.5) is 0 Å². The topological polar surface area (TPSA) is 85.6 Å². The molecular formula is C17H21N3O4. The highest BCUT2D eigenvalue weighted by Gasteiger charge is 2.39. The Morgan fingerprint density at radius 2 is 2.17 bits per heavy atom. The molecule has 2 N–H and O–H groups in total. The van der Waals surface area contributed by atoms with Crippen molar-refractivity contribution in [2.24, 2.45) is 0 Å². The number of rotatable bonds is 4. The summed E-state index contributed by atoms with van der Waals surface area (Å²) in [4.78, 5) is 12.5. The molecule has 0 saturated carbocycles. The number of nitrogens with zero attached hydrogens (tertiary/aromatic N) is 2. The van der Waals surface area contributed by atoms with Gasteiger partial charge in [0.15, 0.2) is 11.4 Å². The molecule has 0 bridgehead atoms. The van der Waals surface area contributed by atoms with Crippen LogP contribution in [-0.2, 0) is 4.74 Å². The van der Waals surface area contributed by atoms with Crippen molar-refractivity contribution in [3.63, 3.8) is 0 Å². The minimum Gasteiger partial charge on any atom is -0.504 e. The van der Waals surface area contributed by atoms with Gasteiger partial charge in [0.1, 0.15) is 5.75 Å². The number of ether oxygens (including phenoxy) is 2. The van der Waals surface area contributed by atoms with Crippen LogP contribution in [0.2, 0.25) is 0 Å². The lowest BCUT2D eigenvalue weighted by Crippen LogP contribution is -2.50. The van der Waals surface area contributed by atoms with Crippen molar-refractivity contribution in [2.45, 2.75) is 31.9 Å². The van der Waals surface area contributed by atoms with E-state index in [0.29, 0.717) is 12.3 Å². The summed E-state index contributed by atoms with van der Waals surface area (Å²) in [7, 11) is 1.59. The Kier molecular flexibility index (Phi) is 4.19. The van der Waals surface area contributed by atoms with Crippen LogP contribution in [0.15, 0.2) is 30.5 Å². The van der Waals surface area contributed by atoms with Crippen LogP contribution in [0.25, 0.3) is 5.69 Å². The largest absolute Gasteiger partial charge is 0.504 e. The minimum absolute atomic E-state index is 0.00820. The second-order valence-electron chi connectivity index (χ2n) is 6.14. The average Bonchev–Trinajstić information content (AvgIpc) is 3.11. The number of benzene rings is 1. The van der Waals surface area contributed by atoms with Crippen molar-refractivity contribution in [1.29, 1.82) is 0 Å². The third kappa shape index (κ3) is 2.94. The lowest BCUT2D eigenvalue weighted by molar-refractivity contribution is 0.0722. The molecule has 2 heterocycles. The molecule has 2 atom stereocenters. The normalized spacial score (nSPS) is 23.2. The fourth-order valence-electron chi connectivity index (χ4n) is 2.71. The first-order valence-electron chi connectivity index (χ1n) is 7.80. The molecular weight excluding hydrogens is 310 g/mol. The molecule has 128 valence electrons. The molecule has 7 nitrogen and oxygen atoms in total. The summed E-state index contributed by atoms with van der Waals surface area (Å²) in [6.45, 7) is 4.45. The van der Waals surface area contributed by atoms with Gasteiger partial charge in [-0.25, -0.2) is 4.68 Å². The number of carbonyl (C=O) groups excluding carboxylic acids is 1. The molecule has 24 heavy (non-hydrogen) atoms. The van der Waals surface area contributed by atoms with Crippen molar-refractivity contribution in [2.75, 3.05) is 13.7 Å². The molecule has 2 aromatic rings. The van der Waals surface area contributed by atoms with Gasteiger partial charge in [-0.05, 0) is 44.5 Å². The highest BCUT2D eigenvalue weighted by atomic mass is 16.5. The third-order valence-corrected chi connectivity index (χ3v) is 4.53. The van der Waals surface area contributed by atoms with Crippen molar-refractivity contribution in [3.8, 4) is 17.2 Å². The van der Waals surface area contributed by atoms with Crippen LogP contribution in [0.3, 0.4) is 0 Å². The van der Waals surface area contributed by atoms with Crippen LogP contribution < -0.4 is 10.1 Å². The molecule has 1 fully saturated rings. The summed E-state index contributed by atoms with van der Waals surface area (Å²) >= 11 is 0. The highest BCUT2D eigenvalue weighted by Crippen LogP contribution is 2.27. The SMILES string of the molecule is COc1ccc(-n2cc(O)c(C(=O)NC3(C)CCOC3C)n2)cc1. The van der Waals surface area contributed by atoms with Gasteiger partial charge < -0.3 is 19.9 Å². The summed E-state index contributed by atoms with van der Waals surface area (Å²) in [5.74, 6) is 0.134. The molecule has 2 unspecified atom stereocenters. The average molecular weight is 331 g/mol. The van der Waals surface area contributed by atoms with Crippen molar-refractivity contribution in [1.82, 2.24) is 15.1 Å². The van der Waals surface area contributed by atoms with E-state index in [2.05, 4.69) is 10.4 Å². The molecule has 1 amide bonds. The van der Waals surface area contributed by atoms with Crippen LogP contribution in [0, 0.1) is 0 Å². The Morgan fingerprint density at radius 1 is 1.46 bits per heavy atom. The summed E-state index contributed by atoms with van der Waals surface area (Å²) in [6.07, 6.45) is 2.04. The van der Waals surface area contributed by atoms with Gasteiger partial charge in [-0.15, -0.1) is 0 Å².